The van der Waals surface area contributed by atoms with Crippen LogP contribution in [0.15, 0.2) is 22.6 Å². The molecule has 1 saturated carbocycles. The second kappa shape index (κ2) is 5.75. The summed E-state index contributed by atoms with van der Waals surface area (Å²) in [6.45, 7) is 3.43. The average molecular weight is 331 g/mol. The van der Waals surface area contributed by atoms with Gasteiger partial charge in [0.25, 0.3) is 5.91 Å². The number of carbonyl (C=O) groups excluding carboxylic acids is 1. The van der Waals surface area contributed by atoms with Crippen molar-refractivity contribution in [3.63, 3.8) is 0 Å². The van der Waals surface area contributed by atoms with Crippen LogP contribution in [0.3, 0.4) is 0 Å². The standard InChI is InChI=1S/C15H16F3NO4/c1-14(2)7-9(14)12(15(16,17)18)19-13(22)10-5-3-8(23-10)4-6-11(20)21/h3-6,9,12H,7H2,1-2H3,(H,19,22)(H,20,21)/b6-4+. The van der Waals surface area contributed by atoms with Gasteiger partial charge in [0.05, 0.1) is 0 Å². The van der Waals surface area contributed by atoms with Gasteiger partial charge in [-0.3, -0.25) is 4.79 Å². The fourth-order valence-electron chi connectivity index (χ4n) is 2.42. The Balaban J connectivity index is 2.09. The van der Waals surface area contributed by atoms with E-state index in [0.717, 1.165) is 12.2 Å². The van der Waals surface area contributed by atoms with Crippen LogP contribution in [0.1, 0.15) is 36.6 Å². The molecule has 23 heavy (non-hydrogen) atoms. The van der Waals surface area contributed by atoms with E-state index in [9.17, 15) is 22.8 Å². The molecule has 8 heteroatoms. The predicted molar refractivity (Wildman–Crippen MR) is 74.6 cm³/mol. The van der Waals surface area contributed by atoms with Crippen molar-refractivity contribution in [2.45, 2.75) is 32.5 Å². The molecule has 0 aliphatic heterocycles. The van der Waals surface area contributed by atoms with E-state index in [4.69, 9.17) is 9.52 Å². The largest absolute Gasteiger partial charge is 0.478 e. The highest BCUT2D eigenvalue weighted by Crippen LogP contribution is 2.56. The summed E-state index contributed by atoms with van der Waals surface area (Å²) in [5, 5.41) is 10.5. The highest BCUT2D eigenvalue weighted by molar-refractivity contribution is 5.92. The first kappa shape index (κ1) is 17.1. The number of carboxylic acids is 1. The monoisotopic (exact) mass is 331 g/mol. The highest BCUT2D eigenvalue weighted by Gasteiger charge is 2.59. The van der Waals surface area contributed by atoms with Crippen molar-refractivity contribution in [3.8, 4) is 0 Å². The van der Waals surface area contributed by atoms with E-state index >= 15 is 0 Å². The molecule has 0 bridgehead atoms. The van der Waals surface area contributed by atoms with E-state index in [1.807, 2.05) is 5.32 Å². The fourth-order valence-corrected chi connectivity index (χ4v) is 2.42. The lowest BCUT2D eigenvalue weighted by molar-refractivity contribution is -0.160. The molecule has 1 aliphatic carbocycles. The van der Waals surface area contributed by atoms with Crippen LogP contribution in [0.2, 0.25) is 0 Å². The van der Waals surface area contributed by atoms with E-state index in [1.165, 1.54) is 12.1 Å². The average Bonchev–Trinajstić information content (AvgIpc) is 2.85. The first-order valence-electron chi connectivity index (χ1n) is 6.89. The quantitative estimate of drug-likeness (QED) is 0.813. The Labute approximate surface area is 130 Å². The van der Waals surface area contributed by atoms with Crippen LogP contribution in [-0.4, -0.2) is 29.2 Å². The van der Waals surface area contributed by atoms with Gasteiger partial charge in [0.15, 0.2) is 5.76 Å². The molecule has 1 aromatic rings. The van der Waals surface area contributed by atoms with Crippen molar-refractivity contribution < 1.29 is 32.3 Å². The number of alkyl halides is 3. The van der Waals surface area contributed by atoms with Gasteiger partial charge in [0.2, 0.25) is 0 Å². The van der Waals surface area contributed by atoms with Gasteiger partial charge < -0.3 is 14.8 Å². The molecule has 0 radical (unpaired) electrons. The summed E-state index contributed by atoms with van der Waals surface area (Å²) < 4.78 is 44.4. The molecule has 0 spiro atoms. The van der Waals surface area contributed by atoms with Crippen LogP contribution in [-0.2, 0) is 4.79 Å². The van der Waals surface area contributed by atoms with Crippen molar-refractivity contribution in [2.75, 3.05) is 0 Å². The maximum atomic E-state index is 13.1. The number of hydrogen-bond donors (Lipinski definition) is 2. The van der Waals surface area contributed by atoms with Gasteiger partial charge in [-0.15, -0.1) is 0 Å². The van der Waals surface area contributed by atoms with Gasteiger partial charge in [-0.25, -0.2) is 4.79 Å². The van der Waals surface area contributed by atoms with Gasteiger partial charge >= 0.3 is 12.1 Å². The first-order valence-corrected chi connectivity index (χ1v) is 6.89. The molecular formula is C15H16F3NO4. The Hall–Kier alpha value is -2.25. The van der Waals surface area contributed by atoms with E-state index < -0.39 is 35.4 Å². The van der Waals surface area contributed by atoms with Crippen molar-refractivity contribution in [1.29, 1.82) is 0 Å². The summed E-state index contributed by atoms with van der Waals surface area (Å²) in [5.41, 5.74) is -0.466. The number of carbonyl (C=O) groups is 2. The summed E-state index contributed by atoms with van der Waals surface area (Å²) in [5.74, 6) is -3.10. The Kier molecular flexibility index (Phi) is 4.28. The molecule has 1 fully saturated rings. The van der Waals surface area contributed by atoms with Crippen molar-refractivity contribution in [1.82, 2.24) is 5.32 Å². The zero-order valence-electron chi connectivity index (χ0n) is 12.5. The number of halogens is 3. The molecule has 5 nitrogen and oxygen atoms in total. The summed E-state index contributed by atoms with van der Waals surface area (Å²) in [6, 6.07) is 0.563. The van der Waals surface area contributed by atoms with E-state index in [-0.39, 0.29) is 11.5 Å². The minimum atomic E-state index is -4.55. The van der Waals surface area contributed by atoms with Crippen LogP contribution >= 0.6 is 0 Å². The number of amides is 1. The topological polar surface area (TPSA) is 79.5 Å². The number of aliphatic carboxylic acids is 1. The van der Waals surface area contributed by atoms with Crippen molar-refractivity contribution >= 4 is 18.0 Å². The SMILES string of the molecule is CC1(C)CC1C(NC(=O)c1ccc(/C=C/C(=O)O)o1)C(F)(F)F. The molecule has 2 atom stereocenters. The minimum Gasteiger partial charge on any atom is -0.478 e. The summed E-state index contributed by atoms with van der Waals surface area (Å²) in [7, 11) is 0. The van der Waals surface area contributed by atoms with Crippen LogP contribution in [0.4, 0.5) is 13.2 Å². The Morgan fingerprint density at radius 2 is 2.04 bits per heavy atom. The van der Waals surface area contributed by atoms with Crippen LogP contribution in [0.5, 0.6) is 0 Å². The number of furan rings is 1. The van der Waals surface area contributed by atoms with Gasteiger partial charge in [-0.1, -0.05) is 13.8 Å². The van der Waals surface area contributed by atoms with Crippen LogP contribution in [0, 0.1) is 11.3 Å². The lowest BCUT2D eigenvalue weighted by Crippen LogP contribution is -2.47. The zero-order valence-corrected chi connectivity index (χ0v) is 12.5. The van der Waals surface area contributed by atoms with E-state index in [0.29, 0.717) is 6.42 Å². The molecule has 126 valence electrons. The van der Waals surface area contributed by atoms with E-state index in [1.54, 1.807) is 13.8 Å². The maximum Gasteiger partial charge on any atom is 0.408 e. The van der Waals surface area contributed by atoms with Crippen LogP contribution in [0.25, 0.3) is 6.08 Å². The van der Waals surface area contributed by atoms with Gasteiger partial charge in [-0.05, 0) is 36.0 Å². The van der Waals surface area contributed by atoms with Gasteiger partial charge in [0.1, 0.15) is 11.8 Å². The molecule has 2 rings (SSSR count). The van der Waals surface area contributed by atoms with Crippen LogP contribution < -0.4 is 5.32 Å². The van der Waals surface area contributed by atoms with Crippen molar-refractivity contribution in [2.24, 2.45) is 11.3 Å². The van der Waals surface area contributed by atoms with Gasteiger partial charge in [-0.2, -0.15) is 13.2 Å². The fraction of sp³-hybridized carbons (Fsp3) is 0.467. The number of carboxylic acid groups (broad SMARTS) is 1. The lowest BCUT2D eigenvalue weighted by Gasteiger charge is -2.22. The smallest absolute Gasteiger partial charge is 0.408 e. The normalized spacial score (nSPS) is 21.2. The molecule has 0 saturated heterocycles. The second-order valence-corrected chi connectivity index (χ2v) is 6.17. The minimum absolute atomic E-state index is 0.0628. The summed E-state index contributed by atoms with van der Waals surface area (Å²) >= 11 is 0. The molecule has 1 amide bonds. The predicted octanol–water partition coefficient (Wildman–Crippen LogP) is 3.08. The third kappa shape index (κ3) is 4.14. The summed E-state index contributed by atoms with van der Waals surface area (Å²) in [6.07, 6.45) is -2.27. The highest BCUT2D eigenvalue weighted by atomic mass is 19.4. The Bertz CT molecular complexity index is 645. The van der Waals surface area contributed by atoms with Gasteiger partial charge in [0, 0.05) is 6.08 Å². The maximum absolute atomic E-state index is 13.1. The Morgan fingerprint density at radius 1 is 1.43 bits per heavy atom. The van der Waals surface area contributed by atoms with E-state index in [2.05, 4.69) is 0 Å². The molecule has 0 aromatic carbocycles. The molecule has 1 aliphatic rings. The molecule has 2 unspecified atom stereocenters. The first-order chi connectivity index (χ1) is 10.5. The molecular weight excluding hydrogens is 315 g/mol. The second-order valence-electron chi connectivity index (χ2n) is 6.17. The zero-order chi connectivity index (χ0) is 17.4. The summed E-state index contributed by atoms with van der Waals surface area (Å²) in [4.78, 5) is 22.3. The number of hydrogen-bond acceptors (Lipinski definition) is 3. The number of nitrogens with one attached hydrogen (secondary N) is 1. The third-order valence-electron chi connectivity index (χ3n) is 3.87. The molecule has 1 heterocycles. The molecule has 1 aromatic heterocycles. The third-order valence-corrected chi connectivity index (χ3v) is 3.87. The Morgan fingerprint density at radius 3 is 2.52 bits per heavy atom. The lowest BCUT2D eigenvalue weighted by atomic mass is 10.0. The molecule has 2 N–H and O–H groups in total. The number of rotatable bonds is 5. The van der Waals surface area contributed by atoms with Crippen molar-refractivity contribution in [3.05, 3.63) is 29.7 Å².